The minimum Gasteiger partial charge on any atom is -0.398 e. The number of nitrogens with zero attached hydrogens (tertiary/aromatic N) is 1. The molecular weight excluding hydrogens is 226 g/mol. The Hall–Kier alpha value is -1.43. The van der Waals surface area contributed by atoms with Gasteiger partial charge in [0.15, 0.2) is 0 Å². The van der Waals surface area contributed by atoms with E-state index in [9.17, 15) is 10.1 Å². The zero-order valence-electron chi connectivity index (χ0n) is 9.10. The van der Waals surface area contributed by atoms with Crippen LogP contribution in [-0.2, 0) is 0 Å². The van der Waals surface area contributed by atoms with Gasteiger partial charge >= 0.3 is 0 Å². The average molecular weight is 241 g/mol. The van der Waals surface area contributed by atoms with E-state index in [4.69, 9.17) is 11.5 Å². The Morgan fingerprint density at radius 1 is 1.38 bits per heavy atom. The summed E-state index contributed by atoms with van der Waals surface area (Å²) in [7, 11) is 0. The lowest BCUT2D eigenvalue weighted by molar-refractivity contribution is -0.383. The van der Waals surface area contributed by atoms with Gasteiger partial charge in [0.05, 0.1) is 10.6 Å². The van der Waals surface area contributed by atoms with Crippen molar-refractivity contribution in [1.82, 2.24) is 0 Å². The third-order valence-electron chi connectivity index (χ3n) is 2.11. The van der Waals surface area contributed by atoms with Crippen molar-refractivity contribution in [2.75, 3.05) is 17.2 Å². The maximum absolute atomic E-state index is 10.6. The highest BCUT2D eigenvalue weighted by atomic mass is 32.2. The Bertz CT molecular complexity index is 396. The van der Waals surface area contributed by atoms with Gasteiger partial charge in [-0.1, -0.05) is 13.3 Å². The van der Waals surface area contributed by atoms with Gasteiger partial charge in [0.2, 0.25) is 0 Å². The Labute approximate surface area is 98.3 Å². The van der Waals surface area contributed by atoms with Crippen molar-refractivity contribution in [3.8, 4) is 0 Å². The molecule has 0 spiro atoms. The summed E-state index contributed by atoms with van der Waals surface area (Å²) in [5.41, 5.74) is 11.8. The summed E-state index contributed by atoms with van der Waals surface area (Å²) >= 11 is 1.58. The van der Waals surface area contributed by atoms with Crippen molar-refractivity contribution in [3.05, 3.63) is 22.2 Å². The molecule has 6 heteroatoms. The van der Waals surface area contributed by atoms with E-state index in [-0.39, 0.29) is 11.4 Å². The third kappa shape index (κ3) is 3.03. The SMILES string of the molecule is CCCCSc1cc(N)c([N+](=O)[O-])cc1N. The van der Waals surface area contributed by atoms with Crippen molar-refractivity contribution in [3.63, 3.8) is 0 Å². The Morgan fingerprint density at radius 2 is 2.06 bits per heavy atom. The van der Waals surface area contributed by atoms with E-state index in [2.05, 4.69) is 6.92 Å². The topological polar surface area (TPSA) is 95.2 Å². The quantitative estimate of drug-likeness (QED) is 0.271. The van der Waals surface area contributed by atoms with E-state index in [1.807, 2.05) is 0 Å². The van der Waals surface area contributed by atoms with Crippen molar-refractivity contribution < 1.29 is 4.92 Å². The first-order valence-electron chi connectivity index (χ1n) is 5.02. The summed E-state index contributed by atoms with van der Waals surface area (Å²) in [5, 5.41) is 10.6. The molecule has 0 saturated heterocycles. The molecular formula is C10H15N3O2S. The lowest BCUT2D eigenvalue weighted by atomic mass is 10.2. The number of nitrogens with two attached hydrogens (primary N) is 2. The molecule has 0 heterocycles. The lowest BCUT2D eigenvalue weighted by Gasteiger charge is -2.06. The molecule has 16 heavy (non-hydrogen) atoms. The number of nitrogen functional groups attached to an aromatic ring is 2. The molecule has 0 aliphatic heterocycles. The molecule has 0 bridgehead atoms. The van der Waals surface area contributed by atoms with Crippen LogP contribution in [-0.4, -0.2) is 10.7 Å². The van der Waals surface area contributed by atoms with E-state index in [0.29, 0.717) is 5.69 Å². The highest BCUT2D eigenvalue weighted by molar-refractivity contribution is 7.99. The highest BCUT2D eigenvalue weighted by Gasteiger charge is 2.14. The number of nitro groups is 1. The molecule has 1 rings (SSSR count). The van der Waals surface area contributed by atoms with E-state index in [1.165, 1.54) is 6.07 Å². The molecule has 0 saturated carbocycles. The van der Waals surface area contributed by atoms with Gasteiger partial charge in [-0.25, -0.2) is 0 Å². The van der Waals surface area contributed by atoms with Crippen LogP contribution in [0.1, 0.15) is 19.8 Å². The van der Waals surface area contributed by atoms with Gasteiger partial charge in [-0.15, -0.1) is 11.8 Å². The third-order valence-corrected chi connectivity index (χ3v) is 3.27. The smallest absolute Gasteiger partial charge is 0.294 e. The zero-order valence-corrected chi connectivity index (χ0v) is 9.92. The molecule has 88 valence electrons. The summed E-state index contributed by atoms with van der Waals surface area (Å²) in [6.07, 6.45) is 2.19. The summed E-state index contributed by atoms with van der Waals surface area (Å²) in [4.78, 5) is 10.9. The van der Waals surface area contributed by atoms with Gasteiger partial charge in [-0.05, 0) is 18.2 Å². The molecule has 0 radical (unpaired) electrons. The van der Waals surface area contributed by atoms with Gasteiger partial charge < -0.3 is 11.5 Å². The van der Waals surface area contributed by atoms with Crippen LogP contribution in [0.4, 0.5) is 17.1 Å². The number of anilines is 2. The lowest BCUT2D eigenvalue weighted by Crippen LogP contribution is -1.99. The number of rotatable bonds is 5. The largest absolute Gasteiger partial charge is 0.398 e. The van der Waals surface area contributed by atoms with E-state index >= 15 is 0 Å². The second-order valence-corrected chi connectivity index (χ2v) is 4.54. The van der Waals surface area contributed by atoms with Gasteiger partial charge in [-0.2, -0.15) is 0 Å². The normalized spacial score (nSPS) is 10.3. The molecule has 0 fully saturated rings. The monoisotopic (exact) mass is 241 g/mol. The van der Waals surface area contributed by atoms with Crippen molar-refractivity contribution in [2.45, 2.75) is 24.7 Å². The summed E-state index contributed by atoms with van der Waals surface area (Å²) in [6, 6.07) is 2.90. The molecule has 5 nitrogen and oxygen atoms in total. The van der Waals surface area contributed by atoms with Gasteiger partial charge in [0, 0.05) is 11.0 Å². The van der Waals surface area contributed by atoms with Crippen LogP contribution < -0.4 is 11.5 Å². The fourth-order valence-corrected chi connectivity index (χ4v) is 2.30. The van der Waals surface area contributed by atoms with Crippen LogP contribution in [0.5, 0.6) is 0 Å². The van der Waals surface area contributed by atoms with Gasteiger partial charge in [0.25, 0.3) is 5.69 Å². The number of thioether (sulfide) groups is 1. The van der Waals surface area contributed by atoms with Crippen LogP contribution in [0.25, 0.3) is 0 Å². The van der Waals surface area contributed by atoms with Crippen molar-refractivity contribution in [1.29, 1.82) is 0 Å². The predicted molar refractivity (Wildman–Crippen MR) is 67.6 cm³/mol. The fraction of sp³-hybridized carbons (Fsp3) is 0.400. The Balaban J connectivity index is 2.88. The molecule has 0 aromatic heterocycles. The molecule has 1 aromatic carbocycles. The van der Waals surface area contributed by atoms with Crippen molar-refractivity contribution >= 4 is 28.8 Å². The molecule has 0 unspecified atom stereocenters. The van der Waals surface area contributed by atoms with Crippen LogP contribution in [0.3, 0.4) is 0 Å². The average Bonchev–Trinajstić information content (AvgIpc) is 2.22. The minimum absolute atomic E-state index is 0.127. The maximum atomic E-state index is 10.6. The van der Waals surface area contributed by atoms with Gasteiger partial charge in [-0.3, -0.25) is 10.1 Å². The van der Waals surface area contributed by atoms with Crippen molar-refractivity contribution in [2.24, 2.45) is 0 Å². The number of hydrogen-bond donors (Lipinski definition) is 2. The first-order valence-corrected chi connectivity index (χ1v) is 6.01. The molecule has 0 amide bonds. The summed E-state index contributed by atoms with van der Waals surface area (Å²) < 4.78 is 0. The predicted octanol–water partition coefficient (Wildman–Crippen LogP) is 2.65. The maximum Gasteiger partial charge on any atom is 0.294 e. The molecule has 0 aliphatic rings. The second kappa shape index (κ2) is 5.60. The van der Waals surface area contributed by atoms with Crippen LogP contribution in [0, 0.1) is 10.1 Å². The van der Waals surface area contributed by atoms with Crippen LogP contribution in [0.2, 0.25) is 0 Å². The Morgan fingerprint density at radius 3 is 2.62 bits per heavy atom. The summed E-state index contributed by atoms with van der Waals surface area (Å²) in [6.45, 7) is 2.11. The second-order valence-electron chi connectivity index (χ2n) is 3.41. The standard InChI is InChI=1S/C10H15N3O2S/c1-2-3-4-16-10-6-7(11)9(13(14)15)5-8(10)12/h5-6H,2-4,11-12H2,1H3. The van der Waals surface area contributed by atoms with E-state index in [1.54, 1.807) is 17.8 Å². The first kappa shape index (κ1) is 12.6. The number of hydrogen-bond acceptors (Lipinski definition) is 5. The van der Waals surface area contributed by atoms with Gasteiger partial charge in [0.1, 0.15) is 5.69 Å². The number of benzene rings is 1. The Kier molecular flexibility index (Phi) is 4.42. The number of nitro benzene ring substituents is 1. The van der Waals surface area contributed by atoms with Crippen LogP contribution in [0.15, 0.2) is 17.0 Å². The number of unbranched alkanes of at least 4 members (excludes halogenated alkanes) is 1. The fourth-order valence-electron chi connectivity index (χ4n) is 1.21. The van der Waals surface area contributed by atoms with E-state index < -0.39 is 4.92 Å². The molecule has 1 aromatic rings. The first-order chi connectivity index (χ1) is 7.56. The highest BCUT2D eigenvalue weighted by Crippen LogP contribution is 2.33. The molecule has 4 N–H and O–H groups in total. The van der Waals surface area contributed by atoms with Crippen LogP contribution >= 0.6 is 11.8 Å². The molecule has 0 aliphatic carbocycles. The van der Waals surface area contributed by atoms with E-state index in [0.717, 1.165) is 23.5 Å². The zero-order chi connectivity index (χ0) is 12.1. The molecule has 0 atom stereocenters. The summed E-state index contributed by atoms with van der Waals surface area (Å²) in [5.74, 6) is 0.942. The minimum atomic E-state index is -0.522.